The SMILES string of the molecule is CCCCOCCCNCc1cc(Cl)c(OCc2cccc(C)c2)c(OC)c1. The minimum absolute atomic E-state index is 0.452. The first-order chi connectivity index (χ1) is 13.6. The average Bonchev–Trinajstić information content (AvgIpc) is 2.69. The van der Waals surface area contributed by atoms with Gasteiger partial charge < -0.3 is 19.5 Å². The molecule has 0 aliphatic carbocycles. The molecule has 0 spiro atoms. The normalized spacial score (nSPS) is 10.9. The third kappa shape index (κ3) is 7.70. The lowest BCUT2D eigenvalue weighted by molar-refractivity contribution is 0.129. The van der Waals surface area contributed by atoms with Crippen LogP contribution in [0.25, 0.3) is 0 Å². The molecule has 0 radical (unpaired) electrons. The van der Waals surface area contributed by atoms with Crippen molar-refractivity contribution < 1.29 is 14.2 Å². The smallest absolute Gasteiger partial charge is 0.180 e. The molecular weight excluding hydrogens is 374 g/mol. The van der Waals surface area contributed by atoms with Gasteiger partial charge in [0.25, 0.3) is 0 Å². The molecule has 0 unspecified atom stereocenters. The molecule has 2 aromatic rings. The molecule has 5 heteroatoms. The number of halogens is 1. The summed E-state index contributed by atoms with van der Waals surface area (Å²) in [5.41, 5.74) is 3.37. The van der Waals surface area contributed by atoms with Crippen LogP contribution in [0.1, 0.15) is 42.9 Å². The van der Waals surface area contributed by atoms with E-state index >= 15 is 0 Å². The molecule has 154 valence electrons. The van der Waals surface area contributed by atoms with Crippen molar-refractivity contribution in [2.24, 2.45) is 0 Å². The van der Waals surface area contributed by atoms with Gasteiger partial charge in [-0.05, 0) is 49.6 Å². The van der Waals surface area contributed by atoms with Gasteiger partial charge in [-0.1, -0.05) is 54.8 Å². The Morgan fingerprint density at radius 2 is 1.86 bits per heavy atom. The number of nitrogens with one attached hydrogen (secondary N) is 1. The fourth-order valence-electron chi connectivity index (χ4n) is 2.85. The zero-order chi connectivity index (χ0) is 20.2. The Hall–Kier alpha value is -1.75. The topological polar surface area (TPSA) is 39.7 Å². The predicted octanol–water partition coefficient (Wildman–Crippen LogP) is 5.53. The zero-order valence-corrected chi connectivity index (χ0v) is 18.0. The summed E-state index contributed by atoms with van der Waals surface area (Å²) < 4.78 is 17.0. The number of unbranched alkanes of at least 4 members (excludes halogenated alkanes) is 1. The van der Waals surface area contributed by atoms with Crippen LogP contribution in [0.4, 0.5) is 0 Å². The number of benzene rings is 2. The van der Waals surface area contributed by atoms with E-state index in [9.17, 15) is 0 Å². The van der Waals surface area contributed by atoms with Gasteiger partial charge in [-0.15, -0.1) is 0 Å². The Kier molecular flexibility index (Phi) is 10.2. The monoisotopic (exact) mass is 405 g/mol. The molecule has 0 saturated carbocycles. The van der Waals surface area contributed by atoms with Crippen LogP contribution in [-0.4, -0.2) is 26.9 Å². The highest BCUT2D eigenvalue weighted by Gasteiger charge is 2.12. The number of hydrogen-bond donors (Lipinski definition) is 1. The van der Waals surface area contributed by atoms with E-state index in [2.05, 4.69) is 31.3 Å². The van der Waals surface area contributed by atoms with E-state index in [0.29, 0.717) is 23.1 Å². The van der Waals surface area contributed by atoms with Gasteiger partial charge >= 0.3 is 0 Å². The molecule has 0 atom stereocenters. The molecule has 28 heavy (non-hydrogen) atoms. The number of rotatable bonds is 13. The molecule has 4 nitrogen and oxygen atoms in total. The zero-order valence-electron chi connectivity index (χ0n) is 17.2. The van der Waals surface area contributed by atoms with Crippen LogP contribution in [-0.2, 0) is 17.9 Å². The van der Waals surface area contributed by atoms with Crippen LogP contribution in [0.5, 0.6) is 11.5 Å². The molecule has 2 rings (SSSR count). The average molecular weight is 406 g/mol. The lowest BCUT2D eigenvalue weighted by Crippen LogP contribution is -2.16. The largest absolute Gasteiger partial charge is 0.493 e. The fourth-order valence-corrected chi connectivity index (χ4v) is 3.14. The summed E-state index contributed by atoms with van der Waals surface area (Å²) in [6.45, 7) is 7.96. The Morgan fingerprint density at radius 1 is 1.04 bits per heavy atom. The fraction of sp³-hybridized carbons (Fsp3) is 0.478. The van der Waals surface area contributed by atoms with Crippen molar-refractivity contribution in [3.63, 3.8) is 0 Å². The second-order valence-electron chi connectivity index (χ2n) is 6.88. The van der Waals surface area contributed by atoms with E-state index in [0.717, 1.165) is 50.3 Å². The highest BCUT2D eigenvalue weighted by atomic mass is 35.5. The van der Waals surface area contributed by atoms with Crippen molar-refractivity contribution in [2.75, 3.05) is 26.9 Å². The van der Waals surface area contributed by atoms with Gasteiger partial charge in [0.2, 0.25) is 0 Å². The van der Waals surface area contributed by atoms with Crippen molar-refractivity contribution in [3.05, 3.63) is 58.1 Å². The van der Waals surface area contributed by atoms with Crippen molar-refractivity contribution >= 4 is 11.6 Å². The van der Waals surface area contributed by atoms with Gasteiger partial charge in [0.15, 0.2) is 11.5 Å². The standard InChI is InChI=1S/C23H32ClNO3/c1-4-5-11-27-12-7-10-25-16-20-14-21(24)23(22(15-20)26-3)28-17-19-9-6-8-18(2)13-19/h6,8-9,13-15,25H,4-5,7,10-12,16-17H2,1-3H3. The van der Waals surface area contributed by atoms with E-state index in [-0.39, 0.29) is 0 Å². The summed E-state index contributed by atoms with van der Waals surface area (Å²) in [5, 5.41) is 3.98. The van der Waals surface area contributed by atoms with Gasteiger partial charge in [-0.3, -0.25) is 0 Å². The van der Waals surface area contributed by atoms with Crippen molar-refractivity contribution in [1.29, 1.82) is 0 Å². The summed E-state index contributed by atoms with van der Waals surface area (Å²) >= 11 is 6.47. The minimum Gasteiger partial charge on any atom is -0.493 e. The van der Waals surface area contributed by atoms with Crippen LogP contribution in [0.3, 0.4) is 0 Å². The number of methoxy groups -OCH3 is 1. The molecule has 0 aromatic heterocycles. The summed E-state index contributed by atoms with van der Waals surface area (Å²) in [7, 11) is 1.63. The van der Waals surface area contributed by atoms with Crippen LogP contribution in [0.15, 0.2) is 36.4 Å². The van der Waals surface area contributed by atoms with E-state index in [4.69, 9.17) is 25.8 Å². The lowest BCUT2D eigenvalue weighted by Gasteiger charge is -2.15. The summed E-state index contributed by atoms with van der Waals surface area (Å²) in [4.78, 5) is 0. The first-order valence-corrected chi connectivity index (χ1v) is 10.3. The highest BCUT2D eigenvalue weighted by Crippen LogP contribution is 2.37. The molecule has 0 amide bonds. The third-order valence-corrected chi connectivity index (χ3v) is 4.65. The Bertz CT molecular complexity index is 721. The maximum atomic E-state index is 6.47. The van der Waals surface area contributed by atoms with Crippen molar-refractivity contribution in [3.8, 4) is 11.5 Å². The molecule has 1 N–H and O–H groups in total. The maximum absolute atomic E-state index is 6.47. The van der Waals surface area contributed by atoms with Crippen molar-refractivity contribution in [2.45, 2.75) is 46.3 Å². The molecule has 0 aliphatic heterocycles. The van der Waals surface area contributed by atoms with Crippen LogP contribution < -0.4 is 14.8 Å². The number of hydrogen-bond acceptors (Lipinski definition) is 4. The Morgan fingerprint density at radius 3 is 2.61 bits per heavy atom. The van der Waals surface area contributed by atoms with Crippen molar-refractivity contribution in [1.82, 2.24) is 5.32 Å². The number of ether oxygens (including phenoxy) is 3. The minimum atomic E-state index is 0.452. The van der Waals surface area contributed by atoms with Gasteiger partial charge in [0.05, 0.1) is 12.1 Å². The summed E-state index contributed by atoms with van der Waals surface area (Å²) in [5.74, 6) is 1.23. The first-order valence-electron chi connectivity index (χ1n) is 9.97. The molecule has 0 saturated heterocycles. The van der Waals surface area contributed by atoms with E-state index in [1.165, 1.54) is 12.0 Å². The molecule has 0 heterocycles. The third-order valence-electron chi connectivity index (χ3n) is 4.37. The Balaban J connectivity index is 1.84. The highest BCUT2D eigenvalue weighted by molar-refractivity contribution is 6.32. The molecule has 0 fully saturated rings. The second-order valence-corrected chi connectivity index (χ2v) is 7.29. The lowest BCUT2D eigenvalue weighted by atomic mass is 10.1. The summed E-state index contributed by atoms with van der Waals surface area (Å²) in [6.07, 6.45) is 3.29. The molecular formula is C23H32ClNO3. The Labute approximate surface area is 174 Å². The number of aryl methyl sites for hydroxylation is 1. The molecule has 0 aliphatic rings. The summed E-state index contributed by atoms with van der Waals surface area (Å²) in [6, 6.07) is 12.1. The van der Waals surface area contributed by atoms with Gasteiger partial charge in [-0.2, -0.15) is 0 Å². The van der Waals surface area contributed by atoms with E-state index in [1.54, 1.807) is 7.11 Å². The predicted molar refractivity (Wildman–Crippen MR) is 116 cm³/mol. The van der Waals surface area contributed by atoms with Gasteiger partial charge in [-0.25, -0.2) is 0 Å². The van der Waals surface area contributed by atoms with Crippen LogP contribution in [0, 0.1) is 6.92 Å². The first kappa shape index (κ1) is 22.5. The maximum Gasteiger partial charge on any atom is 0.180 e. The van der Waals surface area contributed by atoms with Gasteiger partial charge in [0, 0.05) is 19.8 Å². The van der Waals surface area contributed by atoms with Crippen LogP contribution in [0.2, 0.25) is 5.02 Å². The second kappa shape index (κ2) is 12.7. The van der Waals surface area contributed by atoms with Crippen LogP contribution >= 0.6 is 11.6 Å². The van der Waals surface area contributed by atoms with E-state index in [1.807, 2.05) is 24.3 Å². The van der Waals surface area contributed by atoms with Gasteiger partial charge in [0.1, 0.15) is 6.61 Å². The van der Waals surface area contributed by atoms with E-state index < -0.39 is 0 Å². The molecule has 0 bridgehead atoms. The quantitative estimate of drug-likeness (QED) is 0.444. The molecule has 2 aromatic carbocycles.